The van der Waals surface area contributed by atoms with Gasteiger partial charge in [0.2, 0.25) is 5.88 Å². The predicted molar refractivity (Wildman–Crippen MR) is 100 cm³/mol. The first-order chi connectivity index (χ1) is 11.7. The first-order valence-corrected chi connectivity index (χ1v) is 9.19. The van der Waals surface area contributed by atoms with Gasteiger partial charge in [-0.15, -0.1) is 0 Å². The molecule has 1 aliphatic rings. The van der Waals surface area contributed by atoms with Crippen molar-refractivity contribution in [2.75, 3.05) is 24.6 Å². The van der Waals surface area contributed by atoms with E-state index in [2.05, 4.69) is 32.5 Å². The monoisotopic (exact) mass is 442 g/mol. The van der Waals surface area contributed by atoms with E-state index in [0.29, 0.717) is 23.9 Å². The molecule has 1 saturated heterocycles. The summed E-state index contributed by atoms with van der Waals surface area (Å²) in [5.41, 5.74) is 0.604. The molecule has 0 atom stereocenters. The van der Waals surface area contributed by atoms with Crippen molar-refractivity contribution >= 4 is 28.3 Å². The van der Waals surface area contributed by atoms with Gasteiger partial charge >= 0.3 is 0 Å². The van der Waals surface area contributed by atoms with E-state index >= 15 is 0 Å². The highest BCUT2D eigenvalue weighted by Crippen LogP contribution is 2.28. The standard InChI is InChI=1S/C18H20FIN2O2/c1-2-23-15-4-5-16(19)17(11-15)22-9-7-14(8-10-22)24-18-6-3-13(20)12-21-18/h3-6,11-12,14H,2,7-10H2,1H3. The minimum absolute atomic E-state index is 0.118. The molecule has 4 nitrogen and oxygen atoms in total. The van der Waals surface area contributed by atoms with Crippen molar-refractivity contribution in [3.8, 4) is 11.6 Å². The summed E-state index contributed by atoms with van der Waals surface area (Å²) in [6, 6.07) is 8.78. The third-order valence-corrected chi connectivity index (χ3v) is 4.64. The quantitative estimate of drug-likeness (QED) is 0.648. The van der Waals surface area contributed by atoms with Crippen LogP contribution in [0.25, 0.3) is 0 Å². The molecule has 0 unspecified atom stereocenters. The molecule has 0 bridgehead atoms. The number of aromatic nitrogens is 1. The molecule has 1 aromatic carbocycles. The Bertz CT molecular complexity index is 673. The Labute approximate surface area is 155 Å². The number of anilines is 1. The highest BCUT2D eigenvalue weighted by atomic mass is 127. The number of rotatable bonds is 5. The minimum atomic E-state index is -0.211. The third-order valence-electron chi connectivity index (χ3n) is 4.00. The van der Waals surface area contributed by atoms with Crippen molar-refractivity contribution in [2.45, 2.75) is 25.9 Å². The van der Waals surface area contributed by atoms with Crippen molar-refractivity contribution in [2.24, 2.45) is 0 Å². The number of pyridine rings is 1. The van der Waals surface area contributed by atoms with Crippen LogP contribution in [-0.2, 0) is 0 Å². The van der Waals surface area contributed by atoms with Crippen molar-refractivity contribution in [1.29, 1.82) is 0 Å². The Balaban J connectivity index is 1.60. The van der Waals surface area contributed by atoms with Gasteiger partial charge in [-0.1, -0.05) is 0 Å². The van der Waals surface area contributed by atoms with Crippen molar-refractivity contribution in [1.82, 2.24) is 4.98 Å². The molecule has 0 amide bonds. The minimum Gasteiger partial charge on any atom is -0.494 e. The van der Waals surface area contributed by atoms with Gasteiger partial charge in [0.1, 0.15) is 17.7 Å². The van der Waals surface area contributed by atoms with Crippen molar-refractivity contribution in [3.05, 3.63) is 45.9 Å². The van der Waals surface area contributed by atoms with Gasteiger partial charge in [0.25, 0.3) is 0 Å². The molecule has 2 aromatic rings. The lowest BCUT2D eigenvalue weighted by molar-refractivity contribution is 0.163. The maximum Gasteiger partial charge on any atom is 0.213 e. The van der Waals surface area contributed by atoms with Gasteiger partial charge in [0.05, 0.1) is 12.3 Å². The Morgan fingerprint density at radius 1 is 1.25 bits per heavy atom. The van der Waals surface area contributed by atoms with E-state index in [4.69, 9.17) is 9.47 Å². The van der Waals surface area contributed by atoms with Crippen LogP contribution in [0.5, 0.6) is 11.6 Å². The molecule has 6 heteroatoms. The third kappa shape index (κ3) is 4.28. The van der Waals surface area contributed by atoms with E-state index in [9.17, 15) is 4.39 Å². The molecule has 128 valence electrons. The van der Waals surface area contributed by atoms with Gasteiger partial charge < -0.3 is 14.4 Å². The van der Waals surface area contributed by atoms with E-state index in [1.54, 1.807) is 18.3 Å². The highest BCUT2D eigenvalue weighted by molar-refractivity contribution is 14.1. The second-order valence-corrected chi connectivity index (χ2v) is 6.91. The van der Waals surface area contributed by atoms with Crippen LogP contribution in [0, 0.1) is 9.39 Å². The van der Waals surface area contributed by atoms with E-state index in [1.165, 1.54) is 6.07 Å². The predicted octanol–water partition coefficient (Wildman–Crippen LogP) is 4.27. The second kappa shape index (κ2) is 8.00. The maximum absolute atomic E-state index is 14.1. The number of nitrogens with zero attached hydrogens (tertiary/aromatic N) is 2. The lowest BCUT2D eigenvalue weighted by Crippen LogP contribution is -2.38. The molecule has 3 rings (SSSR count). The van der Waals surface area contributed by atoms with Crippen molar-refractivity contribution in [3.63, 3.8) is 0 Å². The molecule has 24 heavy (non-hydrogen) atoms. The average molecular weight is 442 g/mol. The number of ether oxygens (including phenoxy) is 2. The smallest absolute Gasteiger partial charge is 0.213 e. The molecule has 1 fully saturated rings. The zero-order chi connectivity index (χ0) is 16.9. The first-order valence-electron chi connectivity index (χ1n) is 8.11. The lowest BCUT2D eigenvalue weighted by atomic mass is 10.1. The summed E-state index contributed by atoms with van der Waals surface area (Å²) in [6.07, 6.45) is 3.59. The first kappa shape index (κ1) is 17.3. The Morgan fingerprint density at radius 2 is 2.04 bits per heavy atom. The average Bonchev–Trinajstić information content (AvgIpc) is 2.60. The summed E-state index contributed by atoms with van der Waals surface area (Å²) in [5.74, 6) is 1.14. The molecule has 0 spiro atoms. The maximum atomic E-state index is 14.1. The number of benzene rings is 1. The fraction of sp³-hybridized carbons (Fsp3) is 0.389. The van der Waals surface area contributed by atoms with Crippen LogP contribution in [-0.4, -0.2) is 30.8 Å². The van der Waals surface area contributed by atoms with E-state index < -0.39 is 0 Å². The summed E-state index contributed by atoms with van der Waals surface area (Å²) in [4.78, 5) is 6.33. The van der Waals surface area contributed by atoms with E-state index in [1.807, 2.05) is 19.1 Å². The Morgan fingerprint density at radius 3 is 2.71 bits per heavy atom. The second-order valence-electron chi connectivity index (χ2n) is 5.67. The van der Waals surface area contributed by atoms with Crippen LogP contribution in [0.15, 0.2) is 36.5 Å². The Kier molecular flexibility index (Phi) is 5.76. The Hall–Kier alpha value is -1.57. The lowest BCUT2D eigenvalue weighted by Gasteiger charge is -2.33. The molecular weight excluding hydrogens is 422 g/mol. The molecular formula is C18H20FIN2O2. The van der Waals surface area contributed by atoms with Gasteiger partial charge in [0, 0.05) is 47.8 Å². The van der Waals surface area contributed by atoms with Gasteiger partial charge in [-0.25, -0.2) is 9.37 Å². The van der Waals surface area contributed by atoms with Crippen LogP contribution >= 0.6 is 22.6 Å². The number of halogens is 2. The molecule has 1 aliphatic heterocycles. The molecule has 0 N–H and O–H groups in total. The molecule has 2 heterocycles. The summed E-state index contributed by atoms with van der Waals surface area (Å²) in [6.45, 7) is 4.00. The summed E-state index contributed by atoms with van der Waals surface area (Å²) < 4.78 is 26.6. The summed E-state index contributed by atoms with van der Waals surface area (Å²) in [5, 5.41) is 0. The molecule has 0 aliphatic carbocycles. The van der Waals surface area contributed by atoms with Crippen LogP contribution in [0.3, 0.4) is 0 Å². The van der Waals surface area contributed by atoms with Crippen LogP contribution in [0.1, 0.15) is 19.8 Å². The molecule has 1 aromatic heterocycles. The van der Waals surface area contributed by atoms with Crippen LogP contribution in [0.4, 0.5) is 10.1 Å². The number of hydrogen-bond acceptors (Lipinski definition) is 4. The van der Waals surface area contributed by atoms with Crippen LogP contribution in [0.2, 0.25) is 0 Å². The number of piperidine rings is 1. The zero-order valence-electron chi connectivity index (χ0n) is 13.5. The fourth-order valence-electron chi connectivity index (χ4n) is 2.81. The van der Waals surface area contributed by atoms with E-state index in [0.717, 1.165) is 29.5 Å². The highest BCUT2D eigenvalue weighted by Gasteiger charge is 2.23. The molecule has 0 saturated carbocycles. The number of hydrogen-bond donors (Lipinski definition) is 0. The van der Waals surface area contributed by atoms with Gasteiger partial charge in [0.15, 0.2) is 0 Å². The summed E-state index contributed by atoms with van der Waals surface area (Å²) >= 11 is 2.22. The van der Waals surface area contributed by atoms with Gasteiger partial charge in [-0.05, 0) is 47.7 Å². The largest absolute Gasteiger partial charge is 0.494 e. The van der Waals surface area contributed by atoms with Crippen LogP contribution < -0.4 is 14.4 Å². The normalized spacial score (nSPS) is 15.4. The summed E-state index contributed by atoms with van der Waals surface area (Å²) in [7, 11) is 0. The SMILES string of the molecule is CCOc1ccc(F)c(N2CCC(Oc3ccc(I)cn3)CC2)c1. The zero-order valence-corrected chi connectivity index (χ0v) is 15.7. The van der Waals surface area contributed by atoms with E-state index in [-0.39, 0.29) is 11.9 Å². The van der Waals surface area contributed by atoms with Gasteiger partial charge in [-0.3, -0.25) is 0 Å². The van der Waals surface area contributed by atoms with Gasteiger partial charge in [-0.2, -0.15) is 0 Å². The topological polar surface area (TPSA) is 34.6 Å². The molecule has 0 radical (unpaired) electrons. The fourth-order valence-corrected chi connectivity index (χ4v) is 3.13. The van der Waals surface area contributed by atoms with Crippen molar-refractivity contribution < 1.29 is 13.9 Å².